The molecule has 1 aliphatic carbocycles. The van der Waals surface area contributed by atoms with Crippen molar-refractivity contribution in [2.24, 2.45) is 0 Å². The van der Waals surface area contributed by atoms with E-state index in [1.165, 1.54) is 0 Å². The van der Waals surface area contributed by atoms with Crippen LogP contribution in [-0.4, -0.2) is 25.3 Å². The van der Waals surface area contributed by atoms with Crippen LogP contribution >= 0.6 is 23.2 Å². The molecule has 3 rings (SSSR count). The van der Waals surface area contributed by atoms with E-state index in [0.29, 0.717) is 33.8 Å². The zero-order valence-corrected chi connectivity index (χ0v) is 16.3. The normalized spacial score (nSPS) is 14.0. The Morgan fingerprint density at radius 3 is 2.59 bits per heavy atom. The maximum Gasteiger partial charge on any atom is 0.407 e. The van der Waals surface area contributed by atoms with Gasteiger partial charge in [0, 0.05) is 11.1 Å². The second-order valence-electron chi connectivity index (χ2n) is 6.24. The quantitative estimate of drug-likeness (QED) is 0.584. The predicted octanol–water partition coefficient (Wildman–Crippen LogP) is 5.83. The molecule has 27 heavy (non-hydrogen) atoms. The topological polar surface area (TPSA) is 56.8 Å². The van der Waals surface area contributed by atoms with Crippen LogP contribution in [0.25, 0.3) is 0 Å². The standard InChI is InChI=1S/C20H21Cl2NO4/c21-14-4-3-7-16(12-14)26-17-8-9-19(18(22)13-17)25-11-10-23-20(24)27-15-5-1-2-6-15/h3-4,7-9,12-13,15H,1-2,5-6,10-11H2,(H,23,24). The molecule has 0 saturated heterocycles. The lowest BCUT2D eigenvalue weighted by molar-refractivity contribution is 0.0997. The average Bonchev–Trinajstić information content (AvgIpc) is 3.13. The molecule has 2 aromatic carbocycles. The van der Waals surface area contributed by atoms with Crippen molar-refractivity contribution in [2.75, 3.05) is 13.2 Å². The first-order valence-electron chi connectivity index (χ1n) is 8.90. The molecule has 1 saturated carbocycles. The largest absolute Gasteiger partial charge is 0.490 e. The van der Waals surface area contributed by atoms with Crippen LogP contribution in [0.3, 0.4) is 0 Å². The van der Waals surface area contributed by atoms with Gasteiger partial charge in [0.15, 0.2) is 0 Å². The second-order valence-corrected chi connectivity index (χ2v) is 7.08. The lowest BCUT2D eigenvalue weighted by Crippen LogP contribution is -2.31. The van der Waals surface area contributed by atoms with E-state index < -0.39 is 6.09 Å². The number of amides is 1. The Hall–Kier alpha value is -2.11. The summed E-state index contributed by atoms with van der Waals surface area (Å²) in [6, 6.07) is 12.2. The molecule has 0 aromatic heterocycles. The van der Waals surface area contributed by atoms with E-state index in [9.17, 15) is 4.79 Å². The number of hydrogen-bond donors (Lipinski definition) is 1. The molecular formula is C20H21Cl2NO4. The number of ether oxygens (including phenoxy) is 3. The molecule has 2 aromatic rings. The van der Waals surface area contributed by atoms with Gasteiger partial charge in [-0.25, -0.2) is 4.79 Å². The summed E-state index contributed by atoms with van der Waals surface area (Å²) >= 11 is 12.2. The van der Waals surface area contributed by atoms with Crippen molar-refractivity contribution < 1.29 is 19.0 Å². The average molecular weight is 410 g/mol. The van der Waals surface area contributed by atoms with E-state index >= 15 is 0 Å². The van der Waals surface area contributed by atoms with Gasteiger partial charge in [-0.05, 0) is 56.0 Å². The van der Waals surface area contributed by atoms with Gasteiger partial charge in [0.1, 0.15) is 30.0 Å². The van der Waals surface area contributed by atoms with Gasteiger partial charge >= 0.3 is 6.09 Å². The summed E-state index contributed by atoms with van der Waals surface area (Å²) in [5.74, 6) is 1.71. The first-order chi connectivity index (χ1) is 13.1. The number of carbonyl (C=O) groups is 1. The fraction of sp³-hybridized carbons (Fsp3) is 0.350. The van der Waals surface area contributed by atoms with E-state index in [4.69, 9.17) is 37.4 Å². The maximum absolute atomic E-state index is 11.7. The molecule has 1 amide bonds. The Balaban J connectivity index is 1.43. The van der Waals surface area contributed by atoms with Gasteiger partial charge in [0.05, 0.1) is 11.6 Å². The van der Waals surface area contributed by atoms with Crippen molar-refractivity contribution in [3.8, 4) is 17.2 Å². The van der Waals surface area contributed by atoms with E-state index in [1.807, 2.05) is 6.07 Å². The van der Waals surface area contributed by atoms with Gasteiger partial charge in [-0.3, -0.25) is 0 Å². The SMILES string of the molecule is O=C(NCCOc1ccc(Oc2cccc(Cl)c2)cc1Cl)OC1CCCC1. The molecule has 0 aliphatic heterocycles. The van der Waals surface area contributed by atoms with Crippen LogP contribution in [0, 0.1) is 0 Å². The van der Waals surface area contributed by atoms with Gasteiger partial charge in [-0.15, -0.1) is 0 Å². The van der Waals surface area contributed by atoms with Crippen LogP contribution < -0.4 is 14.8 Å². The molecule has 0 spiro atoms. The molecular weight excluding hydrogens is 389 g/mol. The number of benzene rings is 2. The minimum absolute atomic E-state index is 0.0485. The molecule has 0 heterocycles. The summed E-state index contributed by atoms with van der Waals surface area (Å²) in [6.45, 7) is 0.622. The van der Waals surface area contributed by atoms with Gasteiger partial charge in [0.25, 0.3) is 0 Å². The van der Waals surface area contributed by atoms with Crippen LogP contribution in [-0.2, 0) is 4.74 Å². The Morgan fingerprint density at radius 1 is 1.07 bits per heavy atom. The molecule has 7 heteroatoms. The fourth-order valence-electron chi connectivity index (χ4n) is 2.84. The monoisotopic (exact) mass is 409 g/mol. The van der Waals surface area contributed by atoms with E-state index in [0.717, 1.165) is 25.7 Å². The summed E-state index contributed by atoms with van der Waals surface area (Å²) < 4.78 is 16.6. The molecule has 1 aliphatic rings. The number of hydrogen-bond acceptors (Lipinski definition) is 4. The Morgan fingerprint density at radius 2 is 1.85 bits per heavy atom. The van der Waals surface area contributed by atoms with Crippen molar-refractivity contribution in [1.82, 2.24) is 5.32 Å². The summed E-state index contributed by atoms with van der Waals surface area (Å²) in [7, 11) is 0. The van der Waals surface area contributed by atoms with Crippen LogP contribution in [0.1, 0.15) is 25.7 Å². The van der Waals surface area contributed by atoms with Crippen molar-refractivity contribution in [3.05, 3.63) is 52.5 Å². The summed E-state index contributed by atoms with van der Waals surface area (Å²) in [5.41, 5.74) is 0. The molecule has 144 valence electrons. The van der Waals surface area contributed by atoms with Gasteiger partial charge in [-0.1, -0.05) is 29.3 Å². The number of rotatable bonds is 7. The Bertz CT molecular complexity index is 778. The molecule has 0 bridgehead atoms. The first kappa shape index (κ1) is 19.6. The zero-order valence-electron chi connectivity index (χ0n) is 14.8. The highest BCUT2D eigenvalue weighted by atomic mass is 35.5. The lowest BCUT2D eigenvalue weighted by Gasteiger charge is -2.13. The Kier molecular flexibility index (Phi) is 7.07. The highest BCUT2D eigenvalue weighted by molar-refractivity contribution is 6.32. The molecule has 5 nitrogen and oxygen atoms in total. The fourth-order valence-corrected chi connectivity index (χ4v) is 3.25. The smallest absolute Gasteiger partial charge is 0.407 e. The molecule has 0 atom stereocenters. The van der Waals surface area contributed by atoms with E-state index in [1.54, 1.807) is 36.4 Å². The summed E-state index contributed by atoms with van der Waals surface area (Å²) in [5, 5.41) is 3.70. The van der Waals surface area contributed by atoms with Crippen molar-refractivity contribution in [1.29, 1.82) is 0 Å². The zero-order chi connectivity index (χ0) is 19.1. The number of carbonyl (C=O) groups excluding carboxylic acids is 1. The highest BCUT2D eigenvalue weighted by Crippen LogP contribution is 2.32. The highest BCUT2D eigenvalue weighted by Gasteiger charge is 2.18. The minimum atomic E-state index is -0.401. The second kappa shape index (κ2) is 9.72. The van der Waals surface area contributed by atoms with Gasteiger partial charge in [-0.2, -0.15) is 0 Å². The number of nitrogens with one attached hydrogen (secondary N) is 1. The third-order valence-electron chi connectivity index (χ3n) is 4.14. The summed E-state index contributed by atoms with van der Waals surface area (Å²) in [4.78, 5) is 11.7. The minimum Gasteiger partial charge on any atom is -0.490 e. The van der Waals surface area contributed by atoms with Crippen molar-refractivity contribution in [2.45, 2.75) is 31.8 Å². The molecule has 1 fully saturated rings. The maximum atomic E-state index is 11.7. The third kappa shape index (κ3) is 6.22. The number of halogens is 2. The van der Waals surface area contributed by atoms with E-state index in [-0.39, 0.29) is 12.7 Å². The van der Waals surface area contributed by atoms with Crippen LogP contribution in [0.4, 0.5) is 4.79 Å². The van der Waals surface area contributed by atoms with Crippen LogP contribution in [0.2, 0.25) is 10.0 Å². The van der Waals surface area contributed by atoms with Crippen LogP contribution in [0.15, 0.2) is 42.5 Å². The third-order valence-corrected chi connectivity index (χ3v) is 4.67. The van der Waals surface area contributed by atoms with Crippen molar-refractivity contribution >= 4 is 29.3 Å². The van der Waals surface area contributed by atoms with Crippen LogP contribution in [0.5, 0.6) is 17.2 Å². The number of alkyl carbamates (subject to hydrolysis) is 1. The predicted molar refractivity (Wildman–Crippen MR) is 105 cm³/mol. The van der Waals surface area contributed by atoms with Crippen molar-refractivity contribution in [3.63, 3.8) is 0 Å². The molecule has 0 unspecified atom stereocenters. The van der Waals surface area contributed by atoms with E-state index in [2.05, 4.69) is 5.32 Å². The molecule has 0 radical (unpaired) electrons. The Labute approximate surface area is 168 Å². The van der Waals surface area contributed by atoms with Gasteiger partial charge < -0.3 is 19.5 Å². The molecule has 1 N–H and O–H groups in total. The summed E-state index contributed by atoms with van der Waals surface area (Å²) in [6.07, 6.45) is 3.79. The lowest BCUT2D eigenvalue weighted by atomic mass is 10.3. The van der Waals surface area contributed by atoms with Gasteiger partial charge in [0.2, 0.25) is 0 Å². The first-order valence-corrected chi connectivity index (χ1v) is 9.66.